The molecule has 1 rings (SSSR count). The molecule has 0 bridgehead atoms. The minimum absolute atomic E-state index is 0.00838. The van der Waals surface area contributed by atoms with Gasteiger partial charge in [0.25, 0.3) is 0 Å². The number of piperidine rings is 1. The molecule has 0 radical (unpaired) electrons. The smallest absolute Gasteiger partial charge is 0.233 e. The fourth-order valence-corrected chi connectivity index (χ4v) is 2.42. The highest BCUT2D eigenvalue weighted by molar-refractivity contribution is 6.02. The van der Waals surface area contributed by atoms with Crippen LogP contribution in [0.3, 0.4) is 0 Å². The van der Waals surface area contributed by atoms with Crippen LogP contribution in [0.5, 0.6) is 0 Å². The first-order valence-corrected chi connectivity index (χ1v) is 6.73. The van der Waals surface area contributed by atoms with Crippen LogP contribution in [0.4, 0.5) is 0 Å². The molecule has 104 valence electrons. The standard InChI is InChI=1S/C13H25N3O2/c1-4-10(11(14)15-18)12(17)16-8-6-13(3,5-2)7-9-16/h10,18H,4-9H2,1-3H3,(H2,14,15). The third-order valence-corrected chi connectivity index (χ3v) is 4.31. The van der Waals surface area contributed by atoms with E-state index in [2.05, 4.69) is 19.0 Å². The zero-order chi connectivity index (χ0) is 13.8. The lowest BCUT2D eigenvalue weighted by Crippen LogP contribution is -2.47. The number of rotatable bonds is 4. The molecular weight excluding hydrogens is 230 g/mol. The van der Waals surface area contributed by atoms with Crippen molar-refractivity contribution in [3.8, 4) is 0 Å². The first-order chi connectivity index (χ1) is 8.47. The summed E-state index contributed by atoms with van der Waals surface area (Å²) < 4.78 is 0. The minimum atomic E-state index is -0.485. The summed E-state index contributed by atoms with van der Waals surface area (Å²) in [5, 5.41) is 11.7. The average molecular weight is 255 g/mol. The summed E-state index contributed by atoms with van der Waals surface area (Å²) >= 11 is 0. The van der Waals surface area contributed by atoms with E-state index in [0.29, 0.717) is 11.8 Å². The Kier molecular flexibility index (Phi) is 4.99. The van der Waals surface area contributed by atoms with Gasteiger partial charge in [0.1, 0.15) is 0 Å². The van der Waals surface area contributed by atoms with Gasteiger partial charge in [0, 0.05) is 13.1 Å². The first kappa shape index (κ1) is 14.8. The average Bonchev–Trinajstić information content (AvgIpc) is 2.40. The molecule has 0 spiro atoms. The number of oxime groups is 1. The molecular formula is C13H25N3O2. The van der Waals surface area contributed by atoms with Gasteiger partial charge in [-0.25, -0.2) is 0 Å². The van der Waals surface area contributed by atoms with E-state index in [1.54, 1.807) is 0 Å². The number of hydrogen-bond donors (Lipinski definition) is 2. The van der Waals surface area contributed by atoms with Gasteiger partial charge >= 0.3 is 0 Å². The zero-order valence-corrected chi connectivity index (χ0v) is 11.6. The van der Waals surface area contributed by atoms with E-state index >= 15 is 0 Å². The van der Waals surface area contributed by atoms with Crippen LogP contribution in [0.1, 0.15) is 46.5 Å². The van der Waals surface area contributed by atoms with Crippen molar-refractivity contribution in [2.75, 3.05) is 13.1 Å². The lowest BCUT2D eigenvalue weighted by Gasteiger charge is -2.39. The number of carbonyl (C=O) groups excluding carboxylic acids is 1. The molecule has 1 saturated heterocycles. The van der Waals surface area contributed by atoms with Crippen molar-refractivity contribution in [2.45, 2.75) is 46.5 Å². The Morgan fingerprint density at radius 2 is 2.00 bits per heavy atom. The predicted molar refractivity (Wildman–Crippen MR) is 71.4 cm³/mol. The van der Waals surface area contributed by atoms with Crippen molar-refractivity contribution in [3.63, 3.8) is 0 Å². The third-order valence-electron chi connectivity index (χ3n) is 4.31. The molecule has 1 amide bonds. The maximum atomic E-state index is 12.3. The Morgan fingerprint density at radius 3 is 2.39 bits per heavy atom. The van der Waals surface area contributed by atoms with Crippen LogP contribution in [0.2, 0.25) is 0 Å². The number of nitrogens with two attached hydrogens (primary N) is 1. The summed E-state index contributed by atoms with van der Waals surface area (Å²) in [7, 11) is 0. The Morgan fingerprint density at radius 1 is 1.44 bits per heavy atom. The fourth-order valence-electron chi connectivity index (χ4n) is 2.42. The summed E-state index contributed by atoms with van der Waals surface area (Å²) in [5.41, 5.74) is 5.92. The van der Waals surface area contributed by atoms with Crippen LogP contribution in [0, 0.1) is 11.3 Å². The minimum Gasteiger partial charge on any atom is -0.409 e. The molecule has 0 aromatic rings. The second kappa shape index (κ2) is 6.07. The van der Waals surface area contributed by atoms with Gasteiger partial charge in [-0.2, -0.15) is 0 Å². The molecule has 3 N–H and O–H groups in total. The number of likely N-dealkylation sites (tertiary alicyclic amines) is 1. The van der Waals surface area contributed by atoms with Gasteiger partial charge in [0.15, 0.2) is 5.84 Å². The van der Waals surface area contributed by atoms with E-state index < -0.39 is 5.92 Å². The van der Waals surface area contributed by atoms with Crippen molar-refractivity contribution in [3.05, 3.63) is 0 Å². The maximum absolute atomic E-state index is 12.3. The molecule has 0 aromatic carbocycles. The monoisotopic (exact) mass is 255 g/mol. The van der Waals surface area contributed by atoms with Crippen molar-refractivity contribution < 1.29 is 10.0 Å². The second-order valence-corrected chi connectivity index (χ2v) is 5.48. The van der Waals surface area contributed by atoms with Crippen LogP contribution in [-0.2, 0) is 4.79 Å². The van der Waals surface area contributed by atoms with E-state index in [0.717, 1.165) is 32.4 Å². The Bertz CT molecular complexity index is 320. The fraction of sp³-hybridized carbons (Fsp3) is 0.846. The van der Waals surface area contributed by atoms with Crippen LogP contribution < -0.4 is 5.73 Å². The zero-order valence-electron chi connectivity index (χ0n) is 11.6. The van der Waals surface area contributed by atoms with E-state index in [1.165, 1.54) is 0 Å². The SMILES string of the molecule is CCC(C(=O)N1CCC(C)(CC)CC1)C(N)=NO. The van der Waals surface area contributed by atoms with E-state index in [-0.39, 0.29) is 11.7 Å². The summed E-state index contributed by atoms with van der Waals surface area (Å²) in [5.74, 6) is -0.474. The van der Waals surface area contributed by atoms with Crippen LogP contribution in [-0.4, -0.2) is 34.9 Å². The van der Waals surface area contributed by atoms with Crippen LogP contribution in [0.15, 0.2) is 5.16 Å². The lowest BCUT2D eigenvalue weighted by atomic mass is 9.78. The largest absolute Gasteiger partial charge is 0.409 e. The highest BCUT2D eigenvalue weighted by Gasteiger charge is 2.33. The molecule has 1 atom stereocenters. The number of amides is 1. The molecule has 5 nitrogen and oxygen atoms in total. The molecule has 1 aliphatic heterocycles. The first-order valence-electron chi connectivity index (χ1n) is 6.73. The normalized spacial score (nSPS) is 21.7. The molecule has 1 aliphatic rings. The van der Waals surface area contributed by atoms with Crippen molar-refractivity contribution >= 4 is 11.7 Å². The Balaban J connectivity index is 2.64. The summed E-state index contributed by atoms with van der Waals surface area (Å²) in [6, 6.07) is 0. The number of nitrogens with zero attached hydrogens (tertiary/aromatic N) is 2. The molecule has 0 saturated carbocycles. The third kappa shape index (κ3) is 3.15. The number of amidine groups is 1. The van der Waals surface area contributed by atoms with Crippen LogP contribution in [0.25, 0.3) is 0 Å². The Hall–Kier alpha value is -1.26. The van der Waals surface area contributed by atoms with Gasteiger partial charge in [0.05, 0.1) is 5.92 Å². The summed E-state index contributed by atoms with van der Waals surface area (Å²) in [6.07, 6.45) is 3.77. The second-order valence-electron chi connectivity index (χ2n) is 5.48. The molecule has 1 unspecified atom stereocenters. The van der Waals surface area contributed by atoms with Crippen molar-refractivity contribution in [2.24, 2.45) is 22.2 Å². The van der Waals surface area contributed by atoms with Crippen molar-refractivity contribution in [1.29, 1.82) is 0 Å². The van der Waals surface area contributed by atoms with Gasteiger partial charge in [-0.3, -0.25) is 4.79 Å². The summed E-state index contributed by atoms with van der Waals surface area (Å²) in [4.78, 5) is 14.1. The molecule has 0 aliphatic carbocycles. The highest BCUT2D eigenvalue weighted by Crippen LogP contribution is 2.34. The molecule has 1 heterocycles. The topological polar surface area (TPSA) is 78.9 Å². The summed E-state index contributed by atoms with van der Waals surface area (Å²) in [6.45, 7) is 7.90. The van der Waals surface area contributed by atoms with Gasteiger partial charge in [0.2, 0.25) is 5.91 Å². The molecule has 5 heteroatoms. The number of carbonyl (C=O) groups is 1. The number of hydrogen-bond acceptors (Lipinski definition) is 3. The molecule has 0 aromatic heterocycles. The van der Waals surface area contributed by atoms with Gasteiger partial charge < -0.3 is 15.8 Å². The maximum Gasteiger partial charge on any atom is 0.233 e. The van der Waals surface area contributed by atoms with Gasteiger partial charge in [-0.05, 0) is 24.7 Å². The van der Waals surface area contributed by atoms with Crippen LogP contribution >= 0.6 is 0 Å². The lowest BCUT2D eigenvalue weighted by molar-refractivity contribution is -0.135. The molecule has 18 heavy (non-hydrogen) atoms. The van der Waals surface area contributed by atoms with E-state index in [4.69, 9.17) is 10.9 Å². The van der Waals surface area contributed by atoms with E-state index in [1.807, 2.05) is 11.8 Å². The van der Waals surface area contributed by atoms with E-state index in [9.17, 15) is 4.79 Å². The van der Waals surface area contributed by atoms with Gasteiger partial charge in [-0.1, -0.05) is 32.3 Å². The Labute approximate surface area is 109 Å². The highest BCUT2D eigenvalue weighted by atomic mass is 16.4. The molecule has 1 fully saturated rings. The van der Waals surface area contributed by atoms with Crippen molar-refractivity contribution in [1.82, 2.24) is 4.90 Å². The quantitative estimate of drug-likeness (QED) is 0.348. The predicted octanol–water partition coefficient (Wildman–Crippen LogP) is 1.80. The van der Waals surface area contributed by atoms with Gasteiger partial charge in [-0.15, -0.1) is 0 Å².